The van der Waals surface area contributed by atoms with Crippen LogP contribution in [0, 0.1) is 0 Å². The van der Waals surface area contributed by atoms with Gasteiger partial charge >= 0.3 is 0 Å². The summed E-state index contributed by atoms with van der Waals surface area (Å²) in [5.41, 5.74) is 3.16. The van der Waals surface area contributed by atoms with Crippen molar-refractivity contribution >= 4 is 0 Å². The Morgan fingerprint density at radius 1 is 0.523 bits per heavy atom. The average Bonchev–Trinajstić information content (AvgIpc) is 3.07. The summed E-state index contributed by atoms with van der Waals surface area (Å²) in [5, 5.41) is 15.5. The van der Waals surface area contributed by atoms with Crippen LogP contribution in [0.4, 0.5) is 0 Å². The van der Waals surface area contributed by atoms with Gasteiger partial charge < -0.3 is 24.6 Å². The molecule has 0 spiro atoms. The van der Waals surface area contributed by atoms with E-state index in [0.29, 0.717) is 19.8 Å². The normalized spacial score (nSPS) is 14.2. The second-order valence-electron chi connectivity index (χ2n) is 11.9. The van der Waals surface area contributed by atoms with E-state index in [4.69, 9.17) is 14.2 Å². The van der Waals surface area contributed by atoms with Crippen molar-refractivity contribution in [3.05, 3.63) is 108 Å². The summed E-state index contributed by atoms with van der Waals surface area (Å²) in [6.07, 6.45) is 10.9. The molecule has 242 valence electrons. The van der Waals surface area contributed by atoms with Crippen LogP contribution in [-0.2, 0) is 34.0 Å². The SMILES string of the molecule is CCCCCCCC[C@H](NCCCCCC)[C@@H](OCc1ccccc1)[C@H](OCc1ccccc1)[C@H](O)OCc1ccccc1. The molecule has 3 aromatic carbocycles. The number of unbranched alkanes of at least 4 members (excludes halogenated alkanes) is 8. The summed E-state index contributed by atoms with van der Waals surface area (Å²) >= 11 is 0. The maximum absolute atomic E-state index is 11.6. The van der Waals surface area contributed by atoms with E-state index in [-0.39, 0.29) is 6.04 Å². The molecule has 0 amide bonds. The van der Waals surface area contributed by atoms with Gasteiger partial charge in [-0.3, -0.25) is 0 Å². The zero-order valence-corrected chi connectivity index (χ0v) is 27.2. The average molecular weight is 604 g/mol. The minimum Gasteiger partial charge on any atom is -0.369 e. The molecule has 3 aromatic rings. The lowest BCUT2D eigenvalue weighted by Crippen LogP contribution is -2.53. The van der Waals surface area contributed by atoms with Gasteiger partial charge in [-0.25, -0.2) is 0 Å². The molecule has 0 saturated carbocycles. The number of benzene rings is 3. The van der Waals surface area contributed by atoms with Crippen LogP contribution < -0.4 is 5.32 Å². The van der Waals surface area contributed by atoms with Gasteiger partial charge in [0.25, 0.3) is 0 Å². The molecule has 0 unspecified atom stereocenters. The van der Waals surface area contributed by atoms with E-state index in [2.05, 4.69) is 31.3 Å². The first kappa shape index (κ1) is 35.9. The van der Waals surface area contributed by atoms with Gasteiger partial charge in [-0.05, 0) is 36.1 Å². The minimum absolute atomic E-state index is 0.0160. The van der Waals surface area contributed by atoms with Gasteiger partial charge in [0.2, 0.25) is 0 Å². The molecule has 5 heteroatoms. The predicted octanol–water partition coefficient (Wildman–Crippen LogP) is 8.98. The molecule has 0 aliphatic rings. The molecule has 0 aromatic heterocycles. The maximum Gasteiger partial charge on any atom is 0.184 e. The summed E-state index contributed by atoms with van der Waals surface area (Å²) in [4.78, 5) is 0. The van der Waals surface area contributed by atoms with Gasteiger partial charge in [0.05, 0.1) is 19.8 Å². The minimum atomic E-state index is -1.16. The first-order valence-corrected chi connectivity index (χ1v) is 17.1. The Hall–Kier alpha value is -2.54. The third-order valence-electron chi connectivity index (χ3n) is 8.14. The van der Waals surface area contributed by atoms with Crippen molar-refractivity contribution in [2.75, 3.05) is 6.54 Å². The lowest BCUT2D eigenvalue weighted by molar-refractivity contribution is -0.228. The second-order valence-corrected chi connectivity index (χ2v) is 11.9. The maximum atomic E-state index is 11.6. The summed E-state index contributed by atoms with van der Waals surface area (Å²) in [6, 6.07) is 30.4. The van der Waals surface area contributed by atoms with E-state index in [0.717, 1.165) is 42.5 Å². The molecule has 0 saturated heterocycles. The number of aliphatic hydroxyl groups is 1. The Kier molecular flexibility index (Phi) is 18.7. The van der Waals surface area contributed by atoms with Crippen molar-refractivity contribution in [1.29, 1.82) is 0 Å². The fourth-order valence-corrected chi connectivity index (χ4v) is 5.53. The van der Waals surface area contributed by atoms with E-state index < -0.39 is 18.5 Å². The van der Waals surface area contributed by atoms with Crippen LogP contribution >= 0.6 is 0 Å². The molecule has 0 aliphatic carbocycles. The van der Waals surface area contributed by atoms with Crippen molar-refractivity contribution in [3.63, 3.8) is 0 Å². The molecule has 0 bridgehead atoms. The van der Waals surface area contributed by atoms with Gasteiger partial charge in [-0.2, -0.15) is 0 Å². The topological polar surface area (TPSA) is 60.0 Å². The van der Waals surface area contributed by atoms with E-state index in [1.807, 2.05) is 78.9 Å². The van der Waals surface area contributed by atoms with Crippen LogP contribution in [0.3, 0.4) is 0 Å². The lowest BCUT2D eigenvalue weighted by atomic mass is 9.97. The second kappa shape index (κ2) is 22.9. The molecule has 3 rings (SSSR count). The van der Waals surface area contributed by atoms with E-state index in [1.54, 1.807) is 0 Å². The number of hydrogen-bond donors (Lipinski definition) is 2. The number of aliphatic hydroxyl groups excluding tert-OH is 1. The number of hydrogen-bond acceptors (Lipinski definition) is 5. The molecule has 2 N–H and O–H groups in total. The standard InChI is InChI=1S/C39H57NO4/c1-3-5-7-9-10-20-28-36(40-29-21-8-6-4-2)37(42-30-33-22-14-11-15-23-33)38(43-31-34-24-16-12-17-25-34)39(41)44-32-35-26-18-13-19-27-35/h11-19,22-27,36-41H,3-10,20-21,28-32H2,1-2H3/t36-,37+,38-,39+/m0/s1. The van der Waals surface area contributed by atoms with Gasteiger partial charge in [-0.15, -0.1) is 0 Å². The lowest BCUT2D eigenvalue weighted by Gasteiger charge is -2.36. The van der Waals surface area contributed by atoms with Crippen molar-refractivity contribution < 1.29 is 19.3 Å². The smallest absolute Gasteiger partial charge is 0.184 e. The molecule has 0 aliphatic heterocycles. The summed E-state index contributed by atoms with van der Waals surface area (Å²) in [6.45, 7) is 6.51. The fourth-order valence-electron chi connectivity index (χ4n) is 5.53. The molecular weight excluding hydrogens is 546 g/mol. The van der Waals surface area contributed by atoms with Crippen LogP contribution in [0.15, 0.2) is 91.0 Å². The number of ether oxygens (including phenoxy) is 3. The predicted molar refractivity (Wildman–Crippen MR) is 181 cm³/mol. The van der Waals surface area contributed by atoms with Crippen LogP contribution in [-0.4, -0.2) is 36.2 Å². The van der Waals surface area contributed by atoms with Gasteiger partial charge in [-0.1, -0.05) is 163 Å². The summed E-state index contributed by atoms with van der Waals surface area (Å²) in [5.74, 6) is 0. The Bertz CT molecular complexity index is 1070. The van der Waals surface area contributed by atoms with Crippen molar-refractivity contribution in [2.24, 2.45) is 0 Å². The largest absolute Gasteiger partial charge is 0.369 e. The van der Waals surface area contributed by atoms with Crippen LogP contribution in [0.25, 0.3) is 0 Å². The Labute approximate surface area is 267 Å². The summed E-state index contributed by atoms with van der Waals surface area (Å²) in [7, 11) is 0. The first-order valence-electron chi connectivity index (χ1n) is 17.1. The van der Waals surface area contributed by atoms with Gasteiger partial charge in [0.1, 0.15) is 12.2 Å². The van der Waals surface area contributed by atoms with E-state index >= 15 is 0 Å². The molecule has 4 atom stereocenters. The van der Waals surface area contributed by atoms with Crippen molar-refractivity contribution in [3.8, 4) is 0 Å². The third kappa shape index (κ3) is 14.5. The highest BCUT2D eigenvalue weighted by molar-refractivity contribution is 5.15. The van der Waals surface area contributed by atoms with Gasteiger partial charge in [0, 0.05) is 6.04 Å². The van der Waals surface area contributed by atoms with Crippen LogP contribution in [0.1, 0.15) is 101 Å². The molecule has 5 nitrogen and oxygen atoms in total. The molecular formula is C39H57NO4. The molecule has 0 fully saturated rings. The third-order valence-corrected chi connectivity index (χ3v) is 8.14. The summed E-state index contributed by atoms with van der Waals surface area (Å²) < 4.78 is 19.4. The highest BCUT2D eigenvalue weighted by Gasteiger charge is 2.36. The van der Waals surface area contributed by atoms with E-state index in [9.17, 15) is 5.11 Å². The number of rotatable bonds is 25. The highest BCUT2D eigenvalue weighted by Crippen LogP contribution is 2.23. The fraction of sp³-hybridized carbons (Fsp3) is 0.538. The van der Waals surface area contributed by atoms with Gasteiger partial charge in [0.15, 0.2) is 6.29 Å². The quantitative estimate of drug-likeness (QED) is 0.0748. The zero-order chi connectivity index (χ0) is 31.1. The number of nitrogens with one attached hydrogen (secondary N) is 1. The first-order chi connectivity index (χ1) is 21.7. The Morgan fingerprint density at radius 3 is 1.48 bits per heavy atom. The molecule has 44 heavy (non-hydrogen) atoms. The van der Waals surface area contributed by atoms with E-state index in [1.165, 1.54) is 51.4 Å². The van der Waals surface area contributed by atoms with Crippen molar-refractivity contribution in [1.82, 2.24) is 5.32 Å². The Morgan fingerprint density at radius 2 is 0.955 bits per heavy atom. The van der Waals surface area contributed by atoms with Crippen LogP contribution in [0.5, 0.6) is 0 Å². The van der Waals surface area contributed by atoms with Crippen molar-refractivity contribution in [2.45, 2.75) is 129 Å². The Balaban J connectivity index is 1.83. The highest BCUT2D eigenvalue weighted by atomic mass is 16.6. The monoisotopic (exact) mass is 603 g/mol. The molecule has 0 radical (unpaired) electrons. The van der Waals surface area contributed by atoms with Crippen LogP contribution in [0.2, 0.25) is 0 Å². The molecule has 0 heterocycles. The zero-order valence-electron chi connectivity index (χ0n) is 27.2.